The molecule has 0 spiro atoms. The van der Waals surface area contributed by atoms with E-state index >= 15 is 0 Å². The monoisotopic (exact) mass is 489 g/mol. The zero-order valence-corrected chi connectivity index (χ0v) is 21.2. The van der Waals surface area contributed by atoms with Crippen LogP contribution in [0.1, 0.15) is 77.3 Å². The number of amides is 3. The molecule has 2 atom stereocenters. The Morgan fingerprint density at radius 1 is 1.23 bits per heavy atom. The van der Waals surface area contributed by atoms with Gasteiger partial charge in [0.25, 0.3) is 0 Å². The van der Waals surface area contributed by atoms with E-state index in [2.05, 4.69) is 22.7 Å². The number of nitrogens with two attached hydrogens (primary N) is 1. The maximum Gasteiger partial charge on any atom is 0.408 e. The number of carbonyl (C=O) groups is 3. The van der Waals surface area contributed by atoms with Gasteiger partial charge < -0.3 is 31.2 Å². The molecule has 1 aliphatic rings. The number of likely N-dealkylation sites (tertiary alicyclic amines) is 1. The molecule has 0 radical (unpaired) electrons. The summed E-state index contributed by atoms with van der Waals surface area (Å²) in [7, 11) is 0. The number of rotatable bonds is 10. The summed E-state index contributed by atoms with van der Waals surface area (Å²) in [6.07, 6.45) is 3.85. The highest BCUT2D eigenvalue weighted by Gasteiger charge is 2.37. The lowest BCUT2D eigenvalue weighted by Crippen LogP contribution is -2.54. The summed E-state index contributed by atoms with van der Waals surface area (Å²) < 4.78 is 5.35. The quantitative estimate of drug-likeness (QED) is 0.131. The molecular formula is C25H39N5O5. The zero-order valence-electron chi connectivity index (χ0n) is 21.2. The minimum absolute atomic E-state index is 0.00850. The first-order chi connectivity index (χ1) is 16.6. The molecule has 1 aliphatic heterocycles. The van der Waals surface area contributed by atoms with Crippen molar-refractivity contribution in [1.29, 1.82) is 0 Å². The minimum atomic E-state index is -0.740. The van der Waals surface area contributed by atoms with Crippen molar-refractivity contribution < 1.29 is 24.3 Å². The Morgan fingerprint density at radius 3 is 2.51 bits per heavy atom. The number of carbonyl (C=O) groups excluding carboxylic acids is 3. The van der Waals surface area contributed by atoms with Crippen LogP contribution in [0.3, 0.4) is 0 Å². The number of oxime groups is 1. The number of nitrogens with zero attached hydrogens (tertiary/aromatic N) is 2. The fourth-order valence-corrected chi connectivity index (χ4v) is 3.97. The predicted octanol–water partition coefficient (Wildman–Crippen LogP) is 2.86. The average molecular weight is 490 g/mol. The molecule has 0 bridgehead atoms. The van der Waals surface area contributed by atoms with Crippen molar-refractivity contribution in [2.75, 3.05) is 6.54 Å². The number of hydrogen-bond acceptors (Lipinski definition) is 6. The van der Waals surface area contributed by atoms with Crippen LogP contribution in [0.15, 0.2) is 29.4 Å². The van der Waals surface area contributed by atoms with Crippen LogP contribution < -0.4 is 16.4 Å². The second-order valence-electron chi connectivity index (χ2n) is 9.78. The SMILES string of the molecule is CCCCC[C@@H](NC(=O)OC(C)(C)C)C(=O)N1CCC[C@H]1C(=O)NCc1ccc(C(N)=NO)cc1. The first-order valence-corrected chi connectivity index (χ1v) is 12.2. The van der Waals surface area contributed by atoms with E-state index in [1.54, 1.807) is 49.9 Å². The molecule has 1 heterocycles. The van der Waals surface area contributed by atoms with Crippen LogP contribution in [-0.4, -0.2) is 58.1 Å². The van der Waals surface area contributed by atoms with Gasteiger partial charge in [-0.1, -0.05) is 55.6 Å². The third-order valence-corrected chi connectivity index (χ3v) is 5.75. The molecule has 0 unspecified atom stereocenters. The summed E-state index contributed by atoms with van der Waals surface area (Å²) in [5.41, 5.74) is 6.31. The van der Waals surface area contributed by atoms with Gasteiger partial charge in [0.1, 0.15) is 17.7 Å². The first-order valence-electron chi connectivity index (χ1n) is 12.2. The van der Waals surface area contributed by atoms with Gasteiger partial charge in [-0.05, 0) is 45.6 Å². The van der Waals surface area contributed by atoms with Gasteiger partial charge in [0, 0.05) is 18.7 Å². The summed E-state index contributed by atoms with van der Waals surface area (Å²) in [6, 6.07) is 5.62. The second kappa shape index (κ2) is 13.0. The molecular weight excluding hydrogens is 450 g/mol. The molecule has 0 aliphatic carbocycles. The van der Waals surface area contributed by atoms with Crippen LogP contribution in [-0.2, 0) is 20.9 Å². The standard InChI is InChI=1S/C25H39N5O5/c1-5-6-7-9-19(28-24(33)35-25(2,3)4)23(32)30-15-8-10-20(30)22(31)27-16-17-11-13-18(14-12-17)21(26)29-34/h11-14,19-20,34H,5-10,15-16H2,1-4H3,(H2,26,29)(H,27,31)(H,28,33)/t19-,20+/m1/s1. The Bertz CT molecular complexity index is 895. The molecule has 10 nitrogen and oxygen atoms in total. The molecule has 1 aromatic rings. The third-order valence-electron chi connectivity index (χ3n) is 5.75. The van der Waals surface area contributed by atoms with Crippen molar-refractivity contribution in [3.63, 3.8) is 0 Å². The fraction of sp³-hybridized carbons (Fsp3) is 0.600. The molecule has 3 amide bonds. The molecule has 194 valence electrons. The first kappa shape index (κ1) is 27.9. The van der Waals surface area contributed by atoms with Gasteiger partial charge in [0.05, 0.1) is 0 Å². The predicted molar refractivity (Wildman–Crippen MR) is 133 cm³/mol. The van der Waals surface area contributed by atoms with E-state index in [0.717, 1.165) is 24.8 Å². The van der Waals surface area contributed by atoms with Gasteiger partial charge in [0.2, 0.25) is 11.8 Å². The van der Waals surface area contributed by atoms with Crippen molar-refractivity contribution in [1.82, 2.24) is 15.5 Å². The van der Waals surface area contributed by atoms with Crippen molar-refractivity contribution >= 4 is 23.7 Å². The lowest BCUT2D eigenvalue weighted by molar-refractivity contribution is -0.140. The Kier molecular flexibility index (Phi) is 10.4. The molecule has 1 fully saturated rings. The number of alkyl carbamates (subject to hydrolysis) is 1. The highest BCUT2D eigenvalue weighted by atomic mass is 16.6. The van der Waals surface area contributed by atoms with Crippen LogP contribution in [0.5, 0.6) is 0 Å². The maximum atomic E-state index is 13.4. The lowest BCUT2D eigenvalue weighted by Gasteiger charge is -2.29. The third kappa shape index (κ3) is 8.77. The van der Waals surface area contributed by atoms with E-state index in [0.29, 0.717) is 31.4 Å². The summed E-state index contributed by atoms with van der Waals surface area (Å²) >= 11 is 0. The summed E-state index contributed by atoms with van der Waals surface area (Å²) in [5, 5.41) is 17.4. The van der Waals surface area contributed by atoms with Crippen molar-refractivity contribution in [2.24, 2.45) is 10.9 Å². The van der Waals surface area contributed by atoms with Gasteiger partial charge in [-0.25, -0.2) is 4.79 Å². The number of ether oxygens (including phenoxy) is 1. The van der Waals surface area contributed by atoms with Crippen molar-refractivity contribution in [3.05, 3.63) is 35.4 Å². The highest BCUT2D eigenvalue weighted by Crippen LogP contribution is 2.21. The van der Waals surface area contributed by atoms with Crippen LogP contribution >= 0.6 is 0 Å². The Hall–Kier alpha value is -3.30. The van der Waals surface area contributed by atoms with Gasteiger partial charge in [0.15, 0.2) is 5.84 Å². The van der Waals surface area contributed by atoms with Gasteiger partial charge >= 0.3 is 6.09 Å². The smallest absolute Gasteiger partial charge is 0.408 e. The Labute approximate surface area is 207 Å². The van der Waals surface area contributed by atoms with E-state index in [9.17, 15) is 14.4 Å². The van der Waals surface area contributed by atoms with Crippen LogP contribution in [0.25, 0.3) is 0 Å². The van der Waals surface area contributed by atoms with Gasteiger partial charge in [-0.15, -0.1) is 0 Å². The van der Waals surface area contributed by atoms with Crippen molar-refractivity contribution in [2.45, 2.75) is 90.4 Å². The molecule has 5 N–H and O–H groups in total. The van der Waals surface area contributed by atoms with E-state index in [1.165, 1.54) is 0 Å². The van der Waals surface area contributed by atoms with Crippen LogP contribution in [0.2, 0.25) is 0 Å². The number of nitrogens with one attached hydrogen (secondary N) is 2. The molecule has 35 heavy (non-hydrogen) atoms. The number of hydrogen-bond donors (Lipinski definition) is 4. The van der Waals surface area contributed by atoms with E-state index in [1.807, 2.05) is 0 Å². The van der Waals surface area contributed by atoms with Crippen LogP contribution in [0, 0.1) is 0 Å². The summed E-state index contributed by atoms with van der Waals surface area (Å²) in [6.45, 7) is 8.12. The number of amidine groups is 1. The van der Waals surface area contributed by atoms with Crippen molar-refractivity contribution in [3.8, 4) is 0 Å². The van der Waals surface area contributed by atoms with E-state index in [4.69, 9.17) is 15.7 Å². The Morgan fingerprint density at radius 2 is 1.91 bits per heavy atom. The molecule has 0 saturated carbocycles. The van der Waals surface area contributed by atoms with Gasteiger partial charge in [-0.2, -0.15) is 0 Å². The second-order valence-corrected chi connectivity index (χ2v) is 9.78. The average Bonchev–Trinajstić information content (AvgIpc) is 3.30. The minimum Gasteiger partial charge on any atom is -0.444 e. The maximum absolute atomic E-state index is 13.4. The largest absolute Gasteiger partial charge is 0.444 e. The summed E-state index contributed by atoms with van der Waals surface area (Å²) in [4.78, 5) is 40.3. The number of unbranched alkanes of at least 4 members (excludes halogenated alkanes) is 2. The molecule has 1 aromatic carbocycles. The molecule has 1 saturated heterocycles. The highest BCUT2D eigenvalue weighted by molar-refractivity contribution is 5.97. The normalized spacial score (nSPS) is 17.1. The Balaban J connectivity index is 2.02. The van der Waals surface area contributed by atoms with Crippen LogP contribution in [0.4, 0.5) is 4.79 Å². The number of benzene rings is 1. The van der Waals surface area contributed by atoms with Gasteiger partial charge in [-0.3, -0.25) is 9.59 Å². The molecule has 0 aromatic heterocycles. The topological polar surface area (TPSA) is 146 Å². The zero-order chi connectivity index (χ0) is 26.0. The molecule has 10 heteroatoms. The van der Waals surface area contributed by atoms with E-state index < -0.39 is 23.8 Å². The lowest BCUT2D eigenvalue weighted by atomic mass is 10.1. The van der Waals surface area contributed by atoms with E-state index in [-0.39, 0.29) is 24.2 Å². The summed E-state index contributed by atoms with van der Waals surface area (Å²) in [5.74, 6) is -0.483. The molecule has 2 rings (SSSR count). The fourth-order valence-electron chi connectivity index (χ4n) is 3.97.